The Labute approximate surface area is 199 Å². The lowest BCUT2D eigenvalue weighted by Gasteiger charge is -2.22. The van der Waals surface area contributed by atoms with Crippen molar-refractivity contribution in [1.29, 1.82) is 0 Å². The number of esters is 1. The summed E-state index contributed by atoms with van der Waals surface area (Å²) in [5.74, 6) is -1.06. The zero-order valence-electron chi connectivity index (χ0n) is 19.1. The molecule has 0 saturated carbocycles. The van der Waals surface area contributed by atoms with Crippen molar-refractivity contribution in [1.82, 2.24) is 10.2 Å². The fraction of sp³-hybridized carbons (Fsp3) is 0.222. The topological polar surface area (TPSA) is 84.9 Å². The standard InChI is InChI=1S/C27H28N2O5/c1-21(30)33-16-17-34-25-15-9-8-14-24(25)27(32)28-26(31)20-29(18-22-10-4-2-5-11-22)19-23-12-6-3-7-13-23/h2-15H,16-20H2,1H3,(H,28,31,32). The summed E-state index contributed by atoms with van der Waals surface area (Å²) < 4.78 is 10.4. The van der Waals surface area contributed by atoms with Crippen LogP contribution in [0.3, 0.4) is 0 Å². The molecule has 1 N–H and O–H groups in total. The van der Waals surface area contributed by atoms with E-state index in [1.807, 2.05) is 65.6 Å². The van der Waals surface area contributed by atoms with Gasteiger partial charge in [0.15, 0.2) is 0 Å². The number of amides is 2. The van der Waals surface area contributed by atoms with E-state index in [2.05, 4.69) is 5.32 Å². The smallest absolute Gasteiger partial charge is 0.302 e. The average molecular weight is 461 g/mol. The van der Waals surface area contributed by atoms with E-state index in [1.54, 1.807) is 24.3 Å². The second-order valence-electron chi connectivity index (χ2n) is 7.68. The van der Waals surface area contributed by atoms with Crippen LogP contribution in [0.2, 0.25) is 0 Å². The molecule has 0 bridgehead atoms. The van der Waals surface area contributed by atoms with E-state index in [9.17, 15) is 14.4 Å². The second kappa shape index (κ2) is 12.9. The van der Waals surface area contributed by atoms with Crippen molar-refractivity contribution in [3.05, 3.63) is 102 Å². The maximum atomic E-state index is 12.8. The average Bonchev–Trinajstić information content (AvgIpc) is 2.83. The first kappa shape index (κ1) is 24.7. The van der Waals surface area contributed by atoms with Crippen molar-refractivity contribution >= 4 is 17.8 Å². The van der Waals surface area contributed by atoms with Gasteiger partial charge < -0.3 is 9.47 Å². The summed E-state index contributed by atoms with van der Waals surface area (Å²) in [4.78, 5) is 38.5. The molecule has 0 aliphatic carbocycles. The summed E-state index contributed by atoms with van der Waals surface area (Å²) in [6.07, 6.45) is 0. The van der Waals surface area contributed by atoms with Crippen molar-refractivity contribution in [2.75, 3.05) is 19.8 Å². The molecule has 7 heteroatoms. The van der Waals surface area contributed by atoms with Gasteiger partial charge >= 0.3 is 5.97 Å². The molecule has 0 aromatic heterocycles. The molecule has 7 nitrogen and oxygen atoms in total. The lowest BCUT2D eigenvalue weighted by molar-refractivity contribution is -0.141. The molecule has 3 aromatic carbocycles. The van der Waals surface area contributed by atoms with Gasteiger partial charge in [0.25, 0.3) is 5.91 Å². The van der Waals surface area contributed by atoms with E-state index < -0.39 is 17.8 Å². The normalized spacial score (nSPS) is 10.5. The third kappa shape index (κ3) is 8.18. The van der Waals surface area contributed by atoms with E-state index in [-0.39, 0.29) is 25.3 Å². The van der Waals surface area contributed by atoms with Crippen LogP contribution in [0.15, 0.2) is 84.9 Å². The number of hydrogen-bond acceptors (Lipinski definition) is 6. The Morgan fingerprint density at radius 1 is 0.765 bits per heavy atom. The first-order valence-electron chi connectivity index (χ1n) is 11.0. The van der Waals surface area contributed by atoms with E-state index in [4.69, 9.17) is 9.47 Å². The molecule has 176 valence electrons. The molecular weight excluding hydrogens is 432 g/mol. The van der Waals surface area contributed by atoms with Gasteiger partial charge in [0.2, 0.25) is 5.91 Å². The Bertz CT molecular complexity index is 1040. The third-order valence-corrected chi connectivity index (χ3v) is 4.90. The van der Waals surface area contributed by atoms with Crippen molar-refractivity contribution in [3.63, 3.8) is 0 Å². The minimum atomic E-state index is -0.549. The Kier molecular flexibility index (Phi) is 9.37. The summed E-state index contributed by atoms with van der Waals surface area (Å²) in [5, 5.41) is 2.46. The first-order valence-corrected chi connectivity index (χ1v) is 11.0. The maximum absolute atomic E-state index is 12.8. The van der Waals surface area contributed by atoms with Crippen LogP contribution >= 0.6 is 0 Å². The molecule has 0 atom stereocenters. The molecular formula is C27H28N2O5. The highest BCUT2D eigenvalue weighted by Crippen LogP contribution is 2.18. The lowest BCUT2D eigenvalue weighted by Crippen LogP contribution is -2.39. The van der Waals surface area contributed by atoms with Crippen LogP contribution < -0.4 is 10.1 Å². The number of ether oxygens (including phenoxy) is 2. The van der Waals surface area contributed by atoms with Gasteiger partial charge in [-0.05, 0) is 23.3 Å². The van der Waals surface area contributed by atoms with Gasteiger partial charge in [-0.2, -0.15) is 0 Å². The Morgan fingerprint density at radius 2 is 1.32 bits per heavy atom. The monoisotopic (exact) mass is 460 g/mol. The van der Waals surface area contributed by atoms with Crippen LogP contribution in [-0.4, -0.2) is 42.4 Å². The van der Waals surface area contributed by atoms with E-state index in [0.717, 1.165) is 11.1 Å². The number of hydrogen-bond donors (Lipinski definition) is 1. The molecule has 0 heterocycles. The summed E-state index contributed by atoms with van der Waals surface area (Å²) in [6.45, 7) is 2.65. The quantitative estimate of drug-likeness (QED) is 0.348. The molecule has 2 amide bonds. The molecule has 0 aliphatic heterocycles. The number of para-hydroxylation sites is 1. The highest BCUT2D eigenvalue weighted by Gasteiger charge is 2.18. The molecule has 0 radical (unpaired) electrons. The van der Waals surface area contributed by atoms with Crippen LogP contribution in [0.5, 0.6) is 5.75 Å². The van der Waals surface area contributed by atoms with Gasteiger partial charge in [-0.25, -0.2) is 0 Å². The van der Waals surface area contributed by atoms with Crippen molar-refractivity contribution < 1.29 is 23.9 Å². The van der Waals surface area contributed by atoms with Gasteiger partial charge in [0.1, 0.15) is 19.0 Å². The predicted molar refractivity (Wildman–Crippen MR) is 128 cm³/mol. The largest absolute Gasteiger partial charge is 0.489 e. The third-order valence-electron chi connectivity index (χ3n) is 4.90. The second-order valence-corrected chi connectivity index (χ2v) is 7.68. The van der Waals surface area contributed by atoms with Crippen molar-refractivity contribution in [2.45, 2.75) is 20.0 Å². The Morgan fingerprint density at radius 3 is 1.91 bits per heavy atom. The number of imide groups is 1. The molecule has 0 fully saturated rings. The highest BCUT2D eigenvalue weighted by atomic mass is 16.6. The van der Waals surface area contributed by atoms with Crippen molar-refractivity contribution in [3.8, 4) is 5.75 Å². The molecule has 0 aliphatic rings. The predicted octanol–water partition coefficient (Wildman–Crippen LogP) is 3.59. The van der Waals surface area contributed by atoms with Crippen molar-refractivity contribution in [2.24, 2.45) is 0 Å². The SMILES string of the molecule is CC(=O)OCCOc1ccccc1C(=O)NC(=O)CN(Cc1ccccc1)Cc1ccccc1. The van der Waals surface area contributed by atoms with Gasteiger partial charge in [-0.15, -0.1) is 0 Å². The van der Waals surface area contributed by atoms with Gasteiger partial charge in [-0.3, -0.25) is 24.6 Å². The van der Waals surface area contributed by atoms with Crippen LogP contribution in [0.25, 0.3) is 0 Å². The van der Waals surface area contributed by atoms with E-state index in [0.29, 0.717) is 18.8 Å². The number of benzene rings is 3. The highest BCUT2D eigenvalue weighted by molar-refractivity contribution is 6.06. The number of nitrogens with zero attached hydrogens (tertiary/aromatic N) is 1. The number of nitrogens with one attached hydrogen (secondary N) is 1. The van der Waals surface area contributed by atoms with Crippen LogP contribution in [0.4, 0.5) is 0 Å². The Hall–Kier alpha value is -3.97. The zero-order chi connectivity index (χ0) is 24.2. The summed E-state index contributed by atoms with van der Waals surface area (Å²) >= 11 is 0. The summed E-state index contributed by atoms with van der Waals surface area (Å²) in [5.41, 5.74) is 2.38. The maximum Gasteiger partial charge on any atom is 0.302 e. The minimum Gasteiger partial charge on any atom is -0.489 e. The lowest BCUT2D eigenvalue weighted by atomic mass is 10.1. The van der Waals surface area contributed by atoms with Crippen LogP contribution in [-0.2, 0) is 27.4 Å². The summed E-state index contributed by atoms with van der Waals surface area (Å²) in [6, 6.07) is 26.4. The first-order chi connectivity index (χ1) is 16.5. The van der Waals surface area contributed by atoms with E-state index in [1.165, 1.54) is 6.92 Å². The molecule has 0 spiro atoms. The van der Waals surface area contributed by atoms with Crippen LogP contribution in [0, 0.1) is 0 Å². The van der Waals surface area contributed by atoms with Gasteiger partial charge in [-0.1, -0.05) is 72.8 Å². The molecule has 3 rings (SSSR count). The minimum absolute atomic E-state index is 0.0466. The summed E-state index contributed by atoms with van der Waals surface area (Å²) in [7, 11) is 0. The number of carbonyl (C=O) groups excluding carboxylic acids is 3. The fourth-order valence-corrected chi connectivity index (χ4v) is 3.40. The number of carbonyl (C=O) groups is 3. The Balaban J connectivity index is 1.63. The molecule has 0 saturated heterocycles. The fourth-order valence-electron chi connectivity index (χ4n) is 3.40. The number of rotatable bonds is 11. The molecule has 34 heavy (non-hydrogen) atoms. The molecule has 0 unspecified atom stereocenters. The van der Waals surface area contributed by atoms with E-state index >= 15 is 0 Å². The van der Waals surface area contributed by atoms with Crippen LogP contribution in [0.1, 0.15) is 28.4 Å². The van der Waals surface area contributed by atoms with Gasteiger partial charge in [0.05, 0.1) is 12.1 Å². The van der Waals surface area contributed by atoms with Gasteiger partial charge in [0, 0.05) is 20.0 Å². The zero-order valence-corrected chi connectivity index (χ0v) is 19.1. The molecule has 3 aromatic rings.